The van der Waals surface area contributed by atoms with Gasteiger partial charge in [0.05, 0.1) is 10.8 Å². The first-order valence-electron chi connectivity index (χ1n) is 7.87. The van der Waals surface area contributed by atoms with E-state index in [1.165, 1.54) is 11.8 Å². The number of benzene rings is 1. The quantitative estimate of drug-likeness (QED) is 0.457. The molecule has 5 nitrogen and oxygen atoms in total. The van der Waals surface area contributed by atoms with Crippen LogP contribution in [0.3, 0.4) is 0 Å². The number of thioether (sulfide) groups is 1. The lowest BCUT2D eigenvalue weighted by Crippen LogP contribution is -2.32. The summed E-state index contributed by atoms with van der Waals surface area (Å²) in [5, 5.41) is 4.57. The average molecular weight is 333 g/mol. The summed E-state index contributed by atoms with van der Waals surface area (Å²) in [4.78, 5) is 21.1. The lowest BCUT2D eigenvalue weighted by Gasteiger charge is -2.13. The minimum Gasteiger partial charge on any atom is -0.382 e. The van der Waals surface area contributed by atoms with Gasteiger partial charge in [0, 0.05) is 25.1 Å². The van der Waals surface area contributed by atoms with Crippen molar-refractivity contribution in [3.8, 4) is 0 Å². The molecule has 1 heterocycles. The summed E-state index contributed by atoms with van der Waals surface area (Å²) in [7, 11) is 0. The monoisotopic (exact) mass is 333 g/mol. The lowest BCUT2D eigenvalue weighted by atomic mass is 10.2. The van der Waals surface area contributed by atoms with Crippen LogP contribution in [0.4, 0.5) is 0 Å². The van der Waals surface area contributed by atoms with E-state index in [4.69, 9.17) is 4.74 Å². The molecule has 0 radical (unpaired) electrons. The number of aryl methyl sites for hydroxylation is 1. The molecule has 0 fully saturated rings. The molecule has 23 heavy (non-hydrogen) atoms. The molecule has 1 unspecified atom stereocenters. The average Bonchev–Trinajstić information content (AvgIpc) is 2.54. The van der Waals surface area contributed by atoms with Crippen LogP contribution >= 0.6 is 11.8 Å². The number of rotatable bonds is 8. The van der Waals surface area contributed by atoms with Crippen LogP contribution in [0.5, 0.6) is 0 Å². The van der Waals surface area contributed by atoms with E-state index in [9.17, 15) is 4.79 Å². The van der Waals surface area contributed by atoms with Crippen LogP contribution in [0.2, 0.25) is 0 Å². The van der Waals surface area contributed by atoms with E-state index in [-0.39, 0.29) is 11.2 Å². The zero-order valence-electron chi connectivity index (χ0n) is 13.8. The van der Waals surface area contributed by atoms with Gasteiger partial charge in [0.25, 0.3) is 0 Å². The first kappa shape index (κ1) is 17.7. The summed E-state index contributed by atoms with van der Waals surface area (Å²) in [5.74, 6) is 0.738. The van der Waals surface area contributed by atoms with Gasteiger partial charge in [0.15, 0.2) is 0 Å². The Morgan fingerprint density at radius 1 is 1.35 bits per heavy atom. The number of ether oxygens (including phenoxy) is 1. The highest BCUT2D eigenvalue weighted by molar-refractivity contribution is 8.00. The lowest BCUT2D eigenvalue weighted by molar-refractivity contribution is -0.120. The Hall–Kier alpha value is -1.66. The van der Waals surface area contributed by atoms with E-state index in [2.05, 4.69) is 15.3 Å². The summed E-state index contributed by atoms with van der Waals surface area (Å²) in [6.45, 7) is 7.75. The van der Waals surface area contributed by atoms with Crippen molar-refractivity contribution < 1.29 is 9.53 Å². The fourth-order valence-electron chi connectivity index (χ4n) is 2.14. The van der Waals surface area contributed by atoms with Crippen LogP contribution in [0.15, 0.2) is 29.3 Å². The Labute approximate surface area is 141 Å². The van der Waals surface area contributed by atoms with Gasteiger partial charge < -0.3 is 10.1 Å². The molecule has 1 N–H and O–H groups in total. The number of nitrogens with one attached hydrogen (secondary N) is 1. The van der Waals surface area contributed by atoms with Gasteiger partial charge in [-0.1, -0.05) is 30.0 Å². The number of amides is 1. The third-order valence-electron chi connectivity index (χ3n) is 3.31. The van der Waals surface area contributed by atoms with E-state index in [0.29, 0.717) is 19.8 Å². The molecule has 1 aromatic carbocycles. The second kappa shape index (κ2) is 8.84. The Balaban J connectivity index is 1.97. The second-order valence-corrected chi connectivity index (χ2v) is 6.52. The molecule has 0 saturated heterocycles. The van der Waals surface area contributed by atoms with Gasteiger partial charge in [-0.3, -0.25) is 4.79 Å². The molecule has 124 valence electrons. The van der Waals surface area contributed by atoms with Crippen molar-refractivity contribution in [1.29, 1.82) is 0 Å². The van der Waals surface area contributed by atoms with E-state index in [1.807, 2.05) is 45.0 Å². The van der Waals surface area contributed by atoms with Crippen molar-refractivity contribution >= 4 is 28.6 Å². The molecular formula is C17H23N3O2S. The topological polar surface area (TPSA) is 64.1 Å². The number of aromatic nitrogens is 2. The van der Waals surface area contributed by atoms with Crippen LogP contribution in [0.1, 0.15) is 26.1 Å². The third kappa shape index (κ3) is 5.18. The predicted molar refractivity (Wildman–Crippen MR) is 93.7 cm³/mol. The molecule has 0 aliphatic heterocycles. The molecule has 6 heteroatoms. The van der Waals surface area contributed by atoms with E-state index in [1.54, 1.807) is 0 Å². The van der Waals surface area contributed by atoms with Crippen molar-refractivity contribution in [3.63, 3.8) is 0 Å². The molecule has 0 aliphatic carbocycles. The summed E-state index contributed by atoms with van der Waals surface area (Å²) in [6, 6.07) is 7.87. The largest absolute Gasteiger partial charge is 0.382 e. The predicted octanol–water partition coefficient (Wildman–Crippen LogP) is 2.96. The molecule has 0 bridgehead atoms. The van der Waals surface area contributed by atoms with Crippen molar-refractivity contribution in [2.45, 2.75) is 37.5 Å². The molecule has 1 atom stereocenters. The molecule has 0 aliphatic rings. The molecule has 2 rings (SSSR count). The molecule has 2 aromatic rings. The number of hydrogen-bond donors (Lipinski definition) is 1. The standard InChI is InChI=1S/C17H23N3O2S/c1-4-22-11-7-10-18-16(21)12(2)23-17-14-8-5-6-9-15(14)19-13(3)20-17/h5-6,8-9,12H,4,7,10-11H2,1-3H3,(H,18,21). The maximum absolute atomic E-state index is 12.2. The minimum absolute atomic E-state index is 0.0202. The Kier molecular flexibility index (Phi) is 6.80. The fourth-order valence-corrected chi connectivity index (χ4v) is 3.15. The number of nitrogens with zero attached hydrogens (tertiary/aromatic N) is 2. The van der Waals surface area contributed by atoms with Gasteiger partial charge in [-0.2, -0.15) is 0 Å². The molecule has 0 spiro atoms. The van der Waals surface area contributed by atoms with Crippen LogP contribution < -0.4 is 5.32 Å². The van der Waals surface area contributed by atoms with Crippen LogP contribution in [0.25, 0.3) is 10.9 Å². The molecule has 0 saturated carbocycles. The smallest absolute Gasteiger partial charge is 0.233 e. The Morgan fingerprint density at radius 3 is 2.91 bits per heavy atom. The van der Waals surface area contributed by atoms with Gasteiger partial charge >= 0.3 is 0 Å². The normalized spacial score (nSPS) is 12.3. The molecular weight excluding hydrogens is 310 g/mol. The SMILES string of the molecule is CCOCCCNC(=O)C(C)Sc1nc(C)nc2ccccc12. The zero-order valence-corrected chi connectivity index (χ0v) is 14.7. The van der Waals surface area contributed by atoms with E-state index >= 15 is 0 Å². The first-order valence-corrected chi connectivity index (χ1v) is 8.75. The van der Waals surface area contributed by atoms with Crippen molar-refractivity contribution in [2.75, 3.05) is 19.8 Å². The number of para-hydroxylation sites is 1. The van der Waals surface area contributed by atoms with Crippen LogP contribution in [-0.2, 0) is 9.53 Å². The zero-order chi connectivity index (χ0) is 16.7. The van der Waals surface area contributed by atoms with Crippen LogP contribution in [0, 0.1) is 6.92 Å². The molecule has 1 aromatic heterocycles. The number of carbonyl (C=O) groups is 1. The maximum atomic E-state index is 12.2. The van der Waals surface area contributed by atoms with Gasteiger partial charge in [0.1, 0.15) is 10.9 Å². The highest BCUT2D eigenvalue weighted by atomic mass is 32.2. The summed E-state index contributed by atoms with van der Waals surface area (Å²) >= 11 is 1.47. The summed E-state index contributed by atoms with van der Waals surface area (Å²) in [6.07, 6.45) is 0.826. The van der Waals surface area contributed by atoms with Gasteiger partial charge in [-0.25, -0.2) is 9.97 Å². The first-order chi connectivity index (χ1) is 11.1. The molecule has 1 amide bonds. The summed E-state index contributed by atoms with van der Waals surface area (Å²) in [5.41, 5.74) is 0.909. The highest BCUT2D eigenvalue weighted by Gasteiger charge is 2.17. The highest BCUT2D eigenvalue weighted by Crippen LogP contribution is 2.28. The number of fused-ring (bicyclic) bond motifs is 1. The van der Waals surface area contributed by atoms with Crippen molar-refractivity contribution in [1.82, 2.24) is 15.3 Å². The minimum atomic E-state index is -0.209. The maximum Gasteiger partial charge on any atom is 0.233 e. The van der Waals surface area contributed by atoms with Gasteiger partial charge in [-0.05, 0) is 33.3 Å². The Bertz CT molecular complexity index is 663. The van der Waals surface area contributed by atoms with E-state index in [0.717, 1.165) is 28.2 Å². The number of hydrogen-bond acceptors (Lipinski definition) is 5. The van der Waals surface area contributed by atoms with Gasteiger partial charge in [0.2, 0.25) is 5.91 Å². The Morgan fingerprint density at radius 2 is 2.13 bits per heavy atom. The number of carbonyl (C=O) groups excluding carboxylic acids is 1. The van der Waals surface area contributed by atoms with Crippen LogP contribution in [-0.4, -0.2) is 40.9 Å². The van der Waals surface area contributed by atoms with Crippen molar-refractivity contribution in [2.24, 2.45) is 0 Å². The second-order valence-electron chi connectivity index (χ2n) is 5.19. The third-order valence-corrected chi connectivity index (χ3v) is 4.41. The van der Waals surface area contributed by atoms with Gasteiger partial charge in [-0.15, -0.1) is 0 Å². The summed E-state index contributed by atoms with van der Waals surface area (Å²) < 4.78 is 5.26. The van der Waals surface area contributed by atoms with Crippen molar-refractivity contribution in [3.05, 3.63) is 30.1 Å². The fraction of sp³-hybridized carbons (Fsp3) is 0.471. The van der Waals surface area contributed by atoms with E-state index < -0.39 is 0 Å².